The van der Waals surface area contributed by atoms with Gasteiger partial charge in [0.2, 0.25) is 10.0 Å². The molecule has 5 nitrogen and oxygen atoms in total. The minimum Gasteiger partial charge on any atom is -0.331 e. The van der Waals surface area contributed by atoms with Crippen LogP contribution in [0.3, 0.4) is 0 Å². The zero-order chi connectivity index (χ0) is 13.9. The van der Waals surface area contributed by atoms with Gasteiger partial charge in [-0.25, -0.2) is 13.6 Å². The Bertz CT molecular complexity index is 615. The van der Waals surface area contributed by atoms with Crippen molar-refractivity contribution < 1.29 is 13.2 Å². The van der Waals surface area contributed by atoms with E-state index in [1.54, 1.807) is 14.0 Å². The maximum atomic E-state index is 12.0. The molecule has 1 rings (SSSR count). The molecule has 2 N–H and O–H groups in total. The third kappa shape index (κ3) is 3.09. The molecule has 1 aromatic rings. The van der Waals surface area contributed by atoms with Crippen molar-refractivity contribution in [1.29, 1.82) is 0 Å². The van der Waals surface area contributed by atoms with Gasteiger partial charge in [-0.05, 0) is 30.7 Å². The van der Waals surface area contributed by atoms with E-state index in [1.165, 1.54) is 23.1 Å². The van der Waals surface area contributed by atoms with E-state index in [0.717, 1.165) is 0 Å². The van der Waals surface area contributed by atoms with Crippen LogP contribution in [0.5, 0.6) is 0 Å². The first-order valence-electron chi connectivity index (χ1n) is 5.09. The predicted octanol–water partition coefficient (Wildman–Crippen LogP) is 0.348. The maximum absolute atomic E-state index is 12.0. The quantitative estimate of drug-likeness (QED) is 0.801. The number of benzene rings is 1. The molecule has 0 aliphatic rings. The third-order valence-corrected chi connectivity index (χ3v) is 3.34. The molecule has 0 heterocycles. The molecule has 0 unspecified atom stereocenters. The highest BCUT2D eigenvalue weighted by molar-refractivity contribution is 7.89. The van der Waals surface area contributed by atoms with Crippen LogP contribution in [0.2, 0.25) is 0 Å². The summed E-state index contributed by atoms with van der Waals surface area (Å²) in [6.07, 6.45) is 5.12. The van der Waals surface area contributed by atoms with Gasteiger partial charge in [-0.1, -0.05) is 5.92 Å². The van der Waals surface area contributed by atoms with Crippen LogP contribution in [0, 0.1) is 19.3 Å². The summed E-state index contributed by atoms with van der Waals surface area (Å²) in [5.74, 6) is 2.10. The van der Waals surface area contributed by atoms with Gasteiger partial charge in [-0.2, -0.15) is 0 Å². The second kappa shape index (κ2) is 5.21. The first-order valence-corrected chi connectivity index (χ1v) is 6.64. The summed E-state index contributed by atoms with van der Waals surface area (Å²) in [6.45, 7) is 1.83. The molecule has 0 aliphatic heterocycles. The fourth-order valence-electron chi connectivity index (χ4n) is 1.47. The van der Waals surface area contributed by atoms with E-state index < -0.39 is 10.0 Å². The highest BCUT2D eigenvalue weighted by Gasteiger charge is 2.16. The normalized spacial score (nSPS) is 10.8. The zero-order valence-electron chi connectivity index (χ0n) is 10.2. The van der Waals surface area contributed by atoms with Crippen molar-refractivity contribution in [2.45, 2.75) is 11.8 Å². The molecule has 0 radical (unpaired) electrons. The number of primary sulfonamides is 1. The van der Waals surface area contributed by atoms with Crippen molar-refractivity contribution in [2.75, 3.05) is 13.6 Å². The van der Waals surface area contributed by atoms with E-state index in [4.69, 9.17) is 11.6 Å². The van der Waals surface area contributed by atoms with E-state index in [0.29, 0.717) is 11.1 Å². The largest absolute Gasteiger partial charge is 0.331 e. The lowest BCUT2D eigenvalue weighted by molar-refractivity contribution is 0.0812. The summed E-state index contributed by atoms with van der Waals surface area (Å²) >= 11 is 0. The number of nitrogens with two attached hydrogens (primary N) is 1. The van der Waals surface area contributed by atoms with Crippen molar-refractivity contribution in [3.63, 3.8) is 0 Å². The maximum Gasteiger partial charge on any atom is 0.254 e. The fourth-order valence-corrected chi connectivity index (χ4v) is 2.07. The SMILES string of the molecule is C#CCN(C)C(=O)c1ccc(S(N)(=O)=O)cc1C. The lowest BCUT2D eigenvalue weighted by atomic mass is 10.1. The molecular weight excluding hydrogens is 252 g/mol. The Hall–Kier alpha value is -1.84. The third-order valence-electron chi connectivity index (χ3n) is 2.43. The Balaban J connectivity index is 3.15. The molecule has 0 atom stereocenters. The lowest BCUT2D eigenvalue weighted by Crippen LogP contribution is -2.27. The molecule has 18 heavy (non-hydrogen) atoms. The van der Waals surface area contributed by atoms with Crippen molar-refractivity contribution in [2.24, 2.45) is 5.14 Å². The number of hydrogen-bond acceptors (Lipinski definition) is 3. The first kappa shape index (κ1) is 14.2. The van der Waals surface area contributed by atoms with Gasteiger partial charge in [0.15, 0.2) is 0 Å². The molecule has 1 amide bonds. The average molecular weight is 266 g/mol. The molecule has 0 saturated heterocycles. The highest BCUT2D eigenvalue weighted by Crippen LogP contribution is 2.15. The van der Waals surface area contributed by atoms with Gasteiger partial charge in [0.1, 0.15) is 0 Å². The van der Waals surface area contributed by atoms with E-state index in [1.807, 2.05) is 0 Å². The van der Waals surface area contributed by atoms with Gasteiger partial charge in [0, 0.05) is 12.6 Å². The van der Waals surface area contributed by atoms with Gasteiger partial charge in [-0.3, -0.25) is 4.79 Å². The summed E-state index contributed by atoms with van der Waals surface area (Å²) in [6, 6.07) is 4.11. The standard InChI is InChI=1S/C12H14N2O3S/c1-4-7-14(3)12(15)11-6-5-10(8-9(11)2)18(13,16)17/h1,5-6,8H,7H2,2-3H3,(H2,13,16,17). The number of aryl methyl sites for hydroxylation is 1. The fraction of sp³-hybridized carbons (Fsp3) is 0.250. The molecule has 0 aliphatic carbocycles. The number of sulfonamides is 1. The van der Waals surface area contributed by atoms with Gasteiger partial charge in [0.25, 0.3) is 5.91 Å². The number of nitrogens with zero attached hydrogens (tertiary/aromatic N) is 1. The molecule has 6 heteroatoms. The van der Waals surface area contributed by atoms with Crippen molar-refractivity contribution >= 4 is 15.9 Å². The summed E-state index contributed by atoms with van der Waals surface area (Å²) in [4.78, 5) is 13.3. The number of carbonyl (C=O) groups is 1. The van der Waals surface area contributed by atoms with Crippen LogP contribution in [-0.4, -0.2) is 32.8 Å². The first-order chi connectivity index (χ1) is 8.27. The van der Waals surface area contributed by atoms with Crippen molar-refractivity contribution in [3.8, 4) is 12.3 Å². The summed E-state index contributed by atoms with van der Waals surface area (Å²) in [5.41, 5.74) is 0.940. The van der Waals surface area contributed by atoms with E-state index in [-0.39, 0.29) is 17.3 Å². The van der Waals surface area contributed by atoms with Crippen LogP contribution in [0.15, 0.2) is 23.1 Å². The van der Waals surface area contributed by atoms with Crippen LogP contribution in [0.25, 0.3) is 0 Å². The summed E-state index contributed by atoms with van der Waals surface area (Å²) in [7, 11) is -2.18. The molecule has 0 saturated carbocycles. The smallest absolute Gasteiger partial charge is 0.254 e. The van der Waals surface area contributed by atoms with Gasteiger partial charge in [0.05, 0.1) is 11.4 Å². The predicted molar refractivity (Wildman–Crippen MR) is 68.3 cm³/mol. The second-order valence-corrected chi connectivity index (χ2v) is 5.45. The molecule has 1 aromatic carbocycles. The van der Waals surface area contributed by atoms with Crippen molar-refractivity contribution in [1.82, 2.24) is 4.90 Å². The summed E-state index contributed by atoms with van der Waals surface area (Å²) in [5, 5.41) is 5.01. The lowest BCUT2D eigenvalue weighted by Gasteiger charge is -2.15. The Morgan fingerprint density at radius 1 is 1.50 bits per heavy atom. The van der Waals surface area contributed by atoms with Gasteiger partial charge < -0.3 is 4.90 Å². The highest BCUT2D eigenvalue weighted by atomic mass is 32.2. The van der Waals surface area contributed by atoms with E-state index in [9.17, 15) is 13.2 Å². The summed E-state index contributed by atoms with van der Waals surface area (Å²) < 4.78 is 22.3. The molecule has 0 aromatic heterocycles. The zero-order valence-corrected chi connectivity index (χ0v) is 11.0. The molecular formula is C12H14N2O3S. The van der Waals surface area contributed by atoms with Crippen LogP contribution < -0.4 is 5.14 Å². The monoisotopic (exact) mass is 266 g/mol. The van der Waals surface area contributed by atoms with Crippen LogP contribution in [-0.2, 0) is 10.0 Å². The second-order valence-electron chi connectivity index (χ2n) is 3.89. The van der Waals surface area contributed by atoms with E-state index in [2.05, 4.69) is 5.92 Å². The average Bonchev–Trinajstić information content (AvgIpc) is 2.27. The number of rotatable bonds is 3. The van der Waals surface area contributed by atoms with Gasteiger partial charge >= 0.3 is 0 Å². The molecule has 96 valence electrons. The Morgan fingerprint density at radius 3 is 2.56 bits per heavy atom. The van der Waals surface area contributed by atoms with Crippen LogP contribution >= 0.6 is 0 Å². The van der Waals surface area contributed by atoms with E-state index >= 15 is 0 Å². The molecule has 0 bridgehead atoms. The van der Waals surface area contributed by atoms with Crippen LogP contribution in [0.4, 0.5) is 0 Å². The number of carbonyl (C=O) groups excluding carboxylic acids is 1. The Labute approximate surface area is 107 Å². The minimum absolute atomic E-state index is 0.0175. The molecule has 0 spiro atoms. The van der Waals surface area contributed by atoms with Crippen molar-refractivity contribution in [3.05, 3.63) is 29.3 Å². The van der Waals surface area contributed by atoms with Crippen LogP contribution in [0.1, 0.15) is 15.9 Å². The van der Waals surface area contributed by atoms with Gasteiger partial charge in [-0.15, -0.1) is 6.42 Å². The number of hydrogen-bond donors (Lipinski definition) is 1. The molecule has 0 fully saturated rings. The Morgan fingerprint density at radius 2 is 2.11 bits per heavy atom. The number of terminal acetylenes is 1. The number of amides is 1. The topological polar surface area (TPSA) is 80.5 Å². The minimum atomic E-state index is -3.76. The Kier molecular flexibility index (Phi) is 4.11.